The van der Waals surface area contributed by atoms with Gasteiger partial charge >= 0.3 is 0 Å². The van der Waals surface area contributed by atoms with E-state index < -0.39 is 17.2 Å². The van der Waals surface area contributed by atoms with E-state index in [1.807, 2.05) is 52.0 Å². The molecule has 1 aromatic heterocycles. The summed E-state index contributed by atoms with van der Waals surface area (Å²) in [4.78, 5) is 0. The second-order valence-electron chi connectivity index (χ2n) is 8.65. The first kappa shape index (κ1) is 18.5. The van der Waals surface area contributed by atoms with E-state index in [0.29, 0.717) is 19.5 Å². The Bertz CT molecular complexity index is 843. The molecule has 2 aliphatic rings. The van der Waals surface area contributed by atoms with E-state index in [0.717, 1.165) is 32.9 Å². The van der Waals surface area contributed by atoms with E-state index in [2.05, 4.69) is 5.32 Å². The summed E-state index contributed by atoms with van der Waals surface area (Å²) in [7, 11) is 0. The number of hydrogen-bond donors (Lipinski definition) is 2. The van der Waals surface area contributed by atoms with Crippen LogP contribution >= 0.6 is 0 Å². The fourth-order valence-electron chi connectivity index (χ4n) is 4.20. The molecule has 2 atom stereocenters. The molecule has 27 heavy (non-hydrogen) atoms. The first-order chi connectivity index (χ1) is 12.7. The lowest BCUT2D eigenvalue weighted by atomic mass is 9.96. The van der Waals surface area contributed by atoms with E-state index in [1.165, 1.54) is 0 Å². The summed E-state index contributed by atoms with van der Waals surface area (Å²) in [5.41, 5.74) is 1.89. The average molecular weight is 371 g/mol. The Morgan fingerprint density at radius 2 is 2.11 bits per heavy atom. The quantitative estimate of drug-likeness (QED) is 0.791. The van der Waals surface area contributed by atoms with Crippen LogP contribution in [0.4, 0.5) is 0 Å². The largest absolute Gasteiger partial charge is 0.487 e. The molecule has 0 amide bonds. The van der Waals surface area contributed by atoms with Crippen LogP contribution in [0.25, 0.3) is 11.0 Å². The second-order valence-corrected chi connectivity index (χ2v) is 8.65. The van der Waals surface area contributed by atoms with Gasteiger partial charge in [-0.2, -0.15) is 0 Å². The van der Waals surface area contributed by atoms with Crippen molar-refractivity contribution < 1.29 is 19.5 Å². The van der Waals surface area contributed by atoms with Crippen molar-refractivity contribution in [2.75, 3.05) is 13.1 Å². The van der Waals surface area contributed by atoms with Gasteiger partial charge in [0.1, 0.15) is 23.5 Å². The highest BCUT2D eigenvalue weighted by atomic mass is 16.5. The standard InChI is InChI=1S/C21H27N2O4/c1-20(2)10-15(21(3,4)23(20)25)11-22-12-16(24)19-9-14-8-17-13(5-6-26-17)7-18(14)27-19/h5-8,10,16,19,22,24H,9,11-12H2,1-4H3. The maximum atomic E-state index is 12.4. The molecule has 2 unspecified atom stereocenters. The summed E-state index contributed by atoms with van der Waals surface area (Å²) in [6, 6.07) is 5.86. The minimum absolute atomic E-state index is 0.281. The first-order valence-corrected chi connectivity index (χ1v) is 9.44. The van der Waals surface area contributed by atoms with Gasteiger partial charge in [-0.05, 0) is 51.5 Å². The molecule has 0 fully saturated rings. The van der Waals surface area contributed by atoms with Crippen LogP contribution in [-0.2, 0) is 11.6 Å². The van der Waals surface area contributed by atoms with Gasteiger partial charge in [0.2, 0.25) is 0 Å². The predicted molar refractivity (Wildman–Crippen MR) is 102 cm³/mol. The molecular weight excluding hydrogens is 344 g/mol. The van der Waals surface area contributed by atoms with E-state index in [-0.39, 0.29) is 6.10 Å². The summed E-state index contributed by atoms with van der Waals surface area (Å²) >= 11 is 0. The van der Waals surface area contributed by atoms with Crippen LogP contribution in [0.1, 0.15) is 33.3 Å². The number of fused-ring (bicyclic) bond motifs is 2. The minimum atomic E-state index is -0.634. The number of nitrogens with one attached hydrogen (secondary N) is 1. The van der Waals surface area contributed by atoms with E-state index in [4.69, 9.17) is 9.15 Å². The van der Waals surface area contributed by atoms with Crippen LogP contribution in [0.3, 0.4) is 0 Å². The fourth-order valence-corrected chi connectivity index (χ4v) is 4.20. The first-order valence-electron chi connectivity index (χ1n) is 9.44. The lowest BCUT2D eigenvalue weighted by molar-refractivity contribution is -0.238. The normalized spacial score (nSPS) is 24.7. The zero-order valence-corrected chi connectivity index (χ0v) is 16.3. The smallest absolute Gasteiger partial charge is 0.134 e. The summed E-state index contributed by atoms with van der Waals surface area (Å²) in [6.45, 7) is 8.68. The Kier molecular flexibility index (Phi) is 4.35. The van der Waals surface area contributed by atoms with Crippen molar-refractivity contribution >= 4 is 11.0 Å². The number of aliphatic hydroxyl groups is 1. The van der Waals surface area contributed by atoms with E-state index >= 15 is 0 Å². The number of benzene rings is 1. The molecule has 6 nitrogen and oxygen atoms in total. The van der Waals surface area contributed by atoms with Gasteiger partial charge in [0.15, 0.2) is 0 Å². The van der Waals surface area contributed by atoms with Gasteiger partial charge in [-0.15, -0.1) is 10.3 Å². The summed E-state index contributed by atoms with van der Waals surface area (Å²) in [5, 5.41) is 28.4. The maximum absolute atomic E-state index is 12.4. The van der Waals surface area contributed by atoms with Gasteiger partial charge in [0, 0.05) is 30.5 Å². The number of ether oxygens (including phenoxy) is 1. The SMILES string of the molecule is CC1(C)C=C(CNCC(O)C2Cc3cc4occc4cc3O2)C(C)(C)N1[O]. The highest BCUT2D eigenvalue weighted by molar-refractivity contribution is 5.80. The Hall–Kier alpha value is -1.86. The Balaban J connectivity index is 1.34. The van der Waals surface area contributed by atoms with Crippen molar-refractivity contribution in [1.82, 2.24) is 10.4 Å². The molecule has 1 radical (unpaired) electrons. The number of aliphatic hydroxyl groups excluding tert-OH is 1. The van der Waals surface area contributed by atoms with E-state index in [9.17, 15) is 10.3 Å². The number of hydrogen-bond acceptors (Lipinski definition) is 5. The van der Waals surface area contributed by atoms with Gasteiger partial charge in [-0.3, -0.25) is 0 Å². The van der Waals surface area contributed by atoms with Crippen LogP contribution in [0.2, 0.25) is 0 Å². The molecule has 4 rings (SSSR count). The molecule has 0 bridgehead atoms. The number of furan rings is 1. The van der Waals surface area contributed by atoms with Crippen molar-refractivity contribution in [1.29, 1.82) is 0 Å². The van der Waals surface area contributed by atoms with Crippen molar-refractivity contribution in [2.45, 2.75) is 57.4 Å². The molecule has 0 saturated heterocycles. The Morgan fingerprint density at radius 3 is 2.81 bits per heavy atom. The van der Waals surface area contributed by atoms with Crippen LogP contribution in [-0.4, -0.2) is 46.5 Å². The number of rotatable bonds is 5. The molecule has 0 spiro atoms. The van der Waals surface area contributed by atoms with Gasteiger partial charge in [-0.1, -0.05) is 6.08 Å². The molecule has 2 aliphatic heterocycles. The zero-order chi connectivity index (χ0) is 19.4. The average Bonchev–Trinajstić information content (AvgIpc) is 3.26. The highest BCUT2D eigenvalue weighted by Gasteiger charge is 2.46. The van der Waals surface area contributed by atoms with Gasteiger partial charge in [-0.25, -0.2) is 0 Å². The predicted octanol–water partition coefficient (Wildman–Crippen LogP) is 2.83. The van der Waals surface area contributed by atoms with Crippen LogP contribution in [0, 0.1) is 0 Å². The number of hydroxylamine groups is 2. The van der Waals surface area contributed by atoms with Gasteiger partial charge in [0.25, 0.3) is 0 Å². The molecular formula is C21H27N2O4. The Morgan fingerprint density at radius 1 is 1.33 bits per heavy atom. The van der Waals surface area contributed by atoms with Crippen molar-refractivity contribution in [2.24, 2.45) is 0 Å². The molecule has 145 valence electrons. The van der Waals surface area contributed by atoms with Crippen molar-refractivity contribution in [3.05, 3.63) is 41.7 Å². The molecule has 1 aromatic carbocycles. The van der Waals surface area contributed by atoms with Gasteiger partial charge in [0.05, 0.1) is 17.3 Å². The molecule has 0 aliphatic carbocycles. The third kappa shape index (κ3) is 3.17. The fraction of sp³-hybridized carbons (Fsp3) is 0.524. The molecule has 3 heterocycles. The summed E-state index contributed by atoms with van der Waals surface area (Å²) in [6.07, 6.45) is 3.43. The Labute approximate surface area is 159 Å². The van der Waals surface area contributed by atoms with Crippen LogP contribution < -0.4 is 10.1 Å². The summed E-state index contributed by atoms with van der Waals surface area (Å²) < 4.78 is 11.4. The molecule has 2 aromatic rings. The lowest BCUT2D eigenvalue weighted by Crippen LogP contribution is -2.48. The summed E-state index contributed by atoms with van der Waals surface area (Å²) in [5.74, 6) is 0.816. The number of nitrogens with zero attached hydrogens (tertiary/aromatic N) is 1. The third-order valence-electron chi connectivity index (χ3n) is 5.78. The van der Waals surface area contributed by atoms with Crippen LogP contribution in [0.15, 0.2) is 40.5 Å². The third-order valence-corrected chi connectivity index (χ3v) is 5.78. The molecule has 6 heteroatoms. The topological polar surface area (TPSA) is 77.8 Å². The zero-order valence-electron chi connectivity index (χ0n) is 16.3. The van der Waals surface area contributed by atoms with E-state index in [1.54, 1.807) is 6.26 Å². The minimum Gasteiger partial charge on any atom is -0.487 e. The molecule has 2 N–H and O–H groups in total. The monoisotopic (exact) mass is 371 g/mol. The maximum Gasteiger partial charge on any atom is 0.134 e. The lowest BCUT2D eigenvalue weighted by Gasteiger charge is -2.34. The van der Waals surface area contributed by atoms with Crippen molar-refractivity contribution in [3.63, 3.8) is 0 Å². The van der Waals surface area contributed by atoms with Crippen molar-refractivity contribution in [3.8, 4) is 5.75 Å². The second kappa shape index (κ2) is 6.34. The highest BCUT2D eigenvalue weighted by Crippen LogP contribution is 2.38. The van der Waals surface area contributed by atoms with Gasteiger partial charge < -0.3 is 19.6 Å². The van der Waals surface area contributed by atoms with Crippen LogP contribution in [0.5, 0.6) is 5.75 Å². The molecule has 0 saturated carbocycles.